The summed E-state index contributed by atoms with van der Waals surface area (Å²) >= 11 is 1.52. The third-order valence-corrected chi connectivity index (χ3v) is 7.02. The molecule has 2 aliphatic rings. The second-order valence-corrected chi connectivity index (χ2v) is 9.06. The van der Waals surface area contributed by atoms with E-state index in [-0.39, 0.29) is 17.2 Å². The maximum Gasteiger partial charge on any atom is 0.238 e. The first-order chi connectivity index (χ1) is 14.7. The minimum Gasteiger partial charge on any atom is -0.342 e. The van der Waals surface area contributed by atoms with Crippen LogP contribution in [0.5, 0.6) is 0 Å². The van der Waals surface area contributed by atoms with Gasteiger partial charge >= 0.3 is 0 Å². The zero-order valence-electron chi connectivity index (χ0n) is 17.0. The van der Waals surface area contributed by atoms with Gasteiger partial charge in [-0.3, -0.25) is 4.79 Å². The lowest BCUT2D eigenvalue weighted by Gasteiger charge is -2.37. The number of fused-ring (bicyclic) bond motifs is 1. The highest BCUT2D eigenvalue weighted by atomic mass is 32.2. The van der Waals surface area contributed by atoms with Crippen molar-refractivity contribution in [2.24, 2.45) is 0 Å². The first-order valence-corrected chi connectivity index (χ1v) is 11.4. The van der Waals surface area contributed by atoms with Gasteiger partial charge in [0, 0.05) is 18.7 Å². The predicted octanol–water partition coefficient (Wildman–Crippen LogP) is 4.03. The van der Waals surface area contributed by atoms with Crippen molar-refractivity contribution in [3.63, 3.8) is 0 Å². The van der Waals surface area contributed by atoms with E-state index >= 15 is 0 Å². The molecule has 1 amide bonds. The minimum atomic E-state index is -0.272. The van der Waals surface area contributed by atoms with Crippen LogP contribution < -0.4 is 5.43 Å². The Hall–Kier alpha value is -2.80. The molecule has 1 aromatic heterocycles. The number of aryl methyl sites for hydroxylation is 1. The number of aromatic nitrogens is 3. The fourth-order valence-corrected chi connectivity index (χ4v) is 5.30. The molecule has 3 heterocycles. The Kier molecular flexibility index (Phi) is 5.21. The number of thioether (sulfide) groups is 1. The first-order valence-electron chi connectivity index (χ1n) is 10.5. The molecular formula is C23H25N5OS. The molecule has 0 radical (unpaired) electrons. The Bertz CT molecular complexity index is 1030. The molecule has 7 heteroatoms. The Morgan fingerprint density at radius 1 is 1.00 bits per heavy atom. The van der Waals surface area contributed by atoms with Crippen LogP contribution in [0.1, 0.15) is 36.4 Å². The van der Waals surface area contributed by atoms with E-state index in [0.717, 1.165) is 48.0 Å². The van der Waals surface area contributed by atoms with Gasteiger partial charge in [0.1, 0.15) is 5.25 Å². The third-order valence-electron chi connectivity index (χ3n) is 5.82. The van der Waals surface area contributed by atoms with Gasteiger partial charge in [0.05, 0.1) is 6.04 Å². The molecule has 2 aliphatic heterocycles. The van der Waals surface area contributed by atoms with Crippen molar-refractivity contribution in [2.75, 3.05) is 18.5 Å². The standard InChI is InChI=1S/C23H25N5OS/c1-16-10-12-17(13-11-16)19-20(22(29)27-14-6-3-7-15-27)30-23-25-24-21(28(23)26-19)18-8-4-2-5-9-18/h2,4-5,8-13,19-20,26H,3,6-7,14-15H2,1H3/t19-,20-/m0/s1. The van der Waals surface area contributed by atoms with Crippen LogP contribution in [0.25, 0.3) is 11.4 Å². The number of amides is 1. The number of carbonyl (C=O) groups excluding carboxylic acids is 1. The molecule has 1 N–H and O–H groups in total. The molecule has 154 valence electrons. The SMILES string of the molecule is Cc1ccc([C@@H]2Nn3c(nnc3-c3ccccc3)S[C@@H]2C(=O)N2CCCCC2)cc1. The van der Waals surface area contributed by atoms with Crippen LogP contribution in [0.2, 0.25) is 0 Å². The maximum atomic E-state index is 13.5. The first kappa shape index (κ1) is 19.2. The van der Waals surface area contributed by atoms with Gasteiger partial charge in [-0.25, -0.2) is 4.68 Å². The van der Waals surface area contributed by atoms with Gasteiger partial charge in [-0.1, -0.05) is 71.9 Å². The highest BCUT2D eigenvalue weighted by molar-refractivity contribution is 8.00. The molecule has 30 heavy (non-hydrogen) atoms. The molecule has 1 fully saturated rings. The zero-order chi connectivity index (χ0) is 20.5. The van der Waals surface area contributed by atoms with E-state index in [1.54, 1.807) is 0 Å². The Balaban J connectivity index is 1.53. The van der Waals surface area contributed by atoms with Gasteiger partial charge in [0.2, 0.25) is 11.1 Å². The van der Waals surface area contributed by atoms with Crippen LogP contribution in [0, 0.1) is 6.92 Å². The molecule has 0 unspecified atom stereocenters. The van der Waals surface area contributed by atoms with Gasteiger partial charge in [-0.05, 0) is 31.7 Å². The van der Waals surface area contributed by atoms with Crippen molar-refractivity contribution in [3.8, 4) is 11.4 Å². The normalized spacial score (nSPS) is 21.0. The van der Waals surface area contributed by atoms with Gasteiger partial charge in [0.15, 0.2) is 5.82 Å². The van der Waals surface area contributed by atoms with E-state index in [1.165, 1.54) is 23.7 Å². The summed E-state index contributed by atoms with van der Waals surface area (Å²) in [6, 6.07) is 18.3. The number of hydrogen-bond donors (Lipinski definition) is 1. The maximum absolute atomic E-state index is 13.5. The number of benzene rings is 2. The number of piperidine rings is 1. The van der Waals surface area contributed by atoms with Crippen molar-refractivity contribution in [1.29, 1.82) is 0 Å². The van der Waals surface area contributed by atoms with Crippen LogP contribution in [-0.2, 0) is 4.79 Å². The summed E-state index contributed by atoms with van der Waals surface area (Å²) in [5.41, 5.74) is 6.87. The molecular weight excluding hydrogens is 394 g/mol. The van der Waals surface area contributed by atoms with E-state index in [4.69, 9.17) is 0 Å². The van der Waals surface area contributed by atoms with Gasteiger partial charge in [-0.2, -0.15) is 0 Å². The average Bonchev–Trinajstić information content (AvgIpc) is 3.22. The van der Waals surface area contributed by atoms with Crippen LogP contribution in [-0.4, -0.2) is 44.0 Å². The third kappa shape index (κ3) is 3.58. The Morgan fingerprint density at radius 2 is 1.73 bits per heavy atom. The van der Waals surface area contributed by atoms with Crippen LogP contribution >= 0.6 is 11.8 Å². The highest BCUT2D eigenvalue weighted by Gasteiger charge is 2.40. The predicted molar refractivity (Wildman–Crippen MR) is 119 cm³/mol. The Morgan fingerprint density at radius 3 is 2.47 bits per heavy atom. The smallest absolute Gasteiger partial charge is 0.238 e. The van der Waals surface area contributed by atoms with Crippen LogP contribution in [0.3, 0.4) is 0 Å². The van der Waals surface area contributed by atoms with E-state index in [0.29, 0.717) is 0 Å². The van der Waals surface area contributed by atoms with Gasteiger partial charge in [-0.15, -0.1) is 10.2 Å². The van der Waals surface area contributed by atoms with Crippen molar-refractivity contribution < 1.29 is 4.79 Å². The summed E-state index contributed by atoms with van der Waals surface area (Å²) in [5, 5.41) is 9.27. The summed E-state index contributed by atoms with van der Waals surface area (Å²) in [5.74, 6) is 0.951. The van der Waals surface area contributed by atoms with Crippen molar-refractivity contribution >= 4 is 17.7 Å². The van der Waals surface area contributed by atoms with E-state index < -0.39 is 0 Å². The number of nitrogens with one attached hydrogen (secondary N) is 1. The van der Waals surface area contributed by atoms with Crippen molar-refractivity contribution in [1.82, 2.24) is 19.8 Å². The topological polar surface area (TPSA) is 63.1 Å². The largest absolute Gasteiger partial charge is 0.342 e. The second kappa shape index (κ2) is 8.14. The molecule has 2 aromatic carbocycles. The molecule has 3 aromatic rings. The molecule has 2 atom stereocenters. The number of rotatable bonds is 3. The van der Waals surface area contributed by atoms with Gasteiger partial charge in [0.25, 0.3) is 0 Å². The quantitative estimate of drug-likeness (QED) is 0.695. The molecule has 0 spiro atoms. The number of carbonyl (C=O) groups is 1. The van der Waals surface area contributed by atoms with Crippen molar-refractivity contribution in [2.45, 2.75) is 42.6 Å². The van der Waals surface area contributed by atoms with E-state index in [9.17, 15) is 4.79 Å². The van der Waals surface area contributed by atoms with Crippen LogP contribution in [0.15, 0.2) is 59.8 Å². The van der Waals surface area contributed by atoms with Crippen LogP contribution in [0.4, 0.5) is 0 Å². The summed E-state index contributed by atoms with van der Waals surface area (Å²) < 4.78 is 1.94. The van der Waals surface area contributed by atoms with Crippen molar-refractivity contribution in [3.05, 3.63) is 65.7 Å². The molecule has 1 saturated heterocycles. The average molecular weight is 420 g/mol. The minimum absolute atomic E-state index is 0.156. The zero-order valence-corrected chi connectivity index (χ0v) is 17.8. The fraction of sp³-hybridized carbons (Fsp3) is 0.348. The number of nitrogens with zero attached hydrogens (tertiary/aromatic N) is 4. The van der Waals surface area contributed by atoms with Gasteiger partial charge < -0.3 is 10.3 Å². The lowest BCUT2D eigenvalue weighted by atomic mass is 10.0. The lowest BCUT2D eigenvalue weighted by Crippen LogP contribution is -2.47. The second-order valence-electron chi connectivity index (χ2n) is 7.95. The fourth-order valence-electron chi connectivity index (χ4n) is 4.14. The molecule has 0 bridgehead atoms. The molecule has 0 saturated carbocycles. The summed E-state index contributed by atoms with van der Waals surface area (Å²) in [6.07, 6.45) is 3.37. The number of likely N-dealkylation sites (tertiary alicyclic amines) is 1. The summed E-state index contributed by atoms with van der Waals surface area (Å²) in [6.45, 7) is 3.77. The van der Waals surface area contributed by atoms with E-state index in [2.05, 4.69) is 46.8 Å². The van der Waals surface area contributed by atoms with E-state index in [1.807, 2.05) is 39.9 Å². The summed E-state index contributed by atoms with van der Waals surface area (Å²) in [7, 11) is 0. The Labute approximate surface area is 180 Å². The summed E-state index contributed by atoms with van der Waals surface area (Å²) in [4.78, 5) is 15.5. The molecule has 5 rings (SSSR count). The lowest BCUT2D eigenvalue weighted by molar-refractivity contribution is -0.131. The highest BCUT2D eigenvalue weighted by Crippen LogP contribution is 2.39. The number of hydrogen-bond acceptors (Lipinski definition) is 5. The molecule has 6 nitrogen and oxygen atoms in total. The molecule has 0 aliphatic carbocycles. The monoisotopic (exact) mass is 419 g/mol.